The third kappa shape index (κ3) is 4.22. The summed E-state index contributed by atoms with van der Waals surface area (Å²) in [5.74, 6) is 0.0818. The van der Waals surface area contributed by atoms with Crippen LogP contribution in [0.15, 0.2) is 24.3 Å². The summed E-state index contributed by atoms with van der Waals surface area (Å²) in [5, 5.41) is 2.96. The van der Waals surface area contributed by atoms with E-state index in [-0.39, 0.29) is 23.5 Å². The van der Waals surface area contributed by atoms with Gasteiger partial charge >= 0.3 is 0 Å². The van der Waals surface area contributed by atoms with E-state index in [1.165, 1.54) is 12.1 Å². The number of hydrogen-bond acceptors (Lipinski definition) is 6. The number of benzene rings is 1. The molecule has 3 heterocycles. The summed E-state index contributed by atoms with van der Waals surface area (Å²) in [6.07, 6.45) is 3.73. The molecule has 7 nitrogen and oxygen atoms in total. The van der Waals surface area contributed by atoms with Crippen LogP contribution in [0.25, 0.3) is 11.3 Å². The van der Waals surface area contributed by atoms with Crippen molar-refractivity contribution in [1.29, 1.82) is 0 Å². The number of rotatable bonds is 4. The summed E-state index contributed by atoms with van der Waals surface area (Å²) in [4.78, 5) is 23.3. The normalized spacial score (nSPS) is 17.7. The average Bonchev–Trinajstić information content (AvgIpc) is 3.23. The first kappa shape index (κ1) is 18.6. The van der Waals surface area contributed by atoms with Gasteiger partial charge in [-0.2, -0.15) is 4.98 Å². The van der Waals surface area contributed by atoms with E-state index in [0.717, 1.165) is 44.6 Å². The zero-order chi connectivity index (χ0) is 19.5. The van der Waals surface area contributed by atoms with Crippen molar-refractivity contribution in [1.82, 2.24) is 15.3 Å². The number of carbonyl (C=O) groups is 1. The molecule has 148 valence electrons. The second-order valence-electron chi connectivity index (χ2n) is 7.25. The van der Waals surface area contributed by atoms with Crippen molar-refractivity contribution in [2.24, 2.45) is 0 Å². The number of nitrogens with two attached hydrogens (primary N) is 1. The summed E-state index contributed by atoms with van der Waals surface area (Å²) in [7, 11) is 0. The summed E-state index contributed by atoms with van der Waals surface area (Å²) in [6, 6.07) is 6.10. The molecule has 2 aromatic rings. The lowest BCUT2D eigenvalue weighted by atomic mass is 10.0. The van der Waals surface area contributed by atoms with Gasteiger partial charge in [0.15, 0.2) is 0 Å². The summed E-state index contributed by atoms with van der Waals surface area (Å²) in [5.41, 5.74) is 7.17. The second kappa shape index (κ2) is 8.10. The predicted molar refractivity (Wildman–Crippen MR) is 105 cm³/mol. The highest BCUT2D eigenvalue weighted by Gasteiger charge is 2.19. The van der Waals surface area contributed by atoms with Crippen molar-refractivity contribution in [3.63, 3.8) is 0 Å². The first-order chi connectivity index (χ1) is 13.6. The van der Waals surface area contributed by atoms with Crippen LogP contribution in [0.1, 0.15) is 36.0 Å². The van der Waals surface area contributed by atoms with Crippen LogP contribution in [0, 0.1) is 5.82 Å². The smallest absolute Gasteiger partial charge is 0.251 e. The molecular weight excluding hydrogens is 361 g/mol. The highest BCUT2D eigenvalue weighted by Crippen LogP contribution is 2.26. The van der Waals surface area contributed by atoms with Gasteiger partial charge in [-0.1, -0.05) is 0 Å². The van der Waals surface area contributed by atoms with E-state index in [1.54, 1.807) is 12.1 Å². The molecule has 0 radical (unpaired) electrons. The third-order valence-corrected chi connectivity index (χ3v) is 5.17. The van der Waals surface area contributed by atoms with Gasteiger partial charge in [0.1, 0.15) is 11.6 Å². The highest BCUT2D eigenvalue weighted by molar-refractivity contribution is 5.95. The Balaban J connectivity index is 1.60. The van der Waals surface area contributed by atoms with Crippen LogP contribution in [-0.2, 0) is 4.74 Å². The molecule has 2 aliphatic heterocycles. The molecule has 8 heteroatoms. The molecule has 0 unspecified atom stereocenters. The zero-order valence-electron chi connectivity index (χ0n) is 15.7. The molecule has 2 saturated heterocycles. The van der Waals surface area contributed by atoms with Crippen molar-refractivity contribution in [2.75, 3.05) is 36.9 Å². The maximum Gasteiger partial charge on any atom is 0.251 e. The standard InChI is InChI=1S/C20H24FN5O2/c21-15-10-13(9-14(11-15)19(27)23-16-3-7-28-8-4-16)17-12-18(25-20(22)24-17)26-5-1-2-6-26/h9-12,16H,1-8H2,(H,23,27)(H2,22,24,25). The second-order valence-corrected chi connectivity index (χ2v) is 7.25. The van der Waals surface area contributed by atoms with Crippen molar-refractivity contribution in [3.05, 3.63) is 35.6 Å². The Labute approximate surface area is 163 Å². The van der Waals surface area contributed by atoms with Gasteiger partial charge in [-0.15, -0.1) is 0 Å². The molecule has 3 N–H and O–H groups in total. The number of ether oxygens (including phenoxy) is 1. The Hall–Kier alpha value is -2.74. The number of nitrogens with zero attached hydrogens (tertiary/aromatic N) is 3. The van der Waals surface area contributed by atoms with Gasteiger partial charge in [-0.25, -0.2) is 9.37 Å². The minimum Gasteiger partial charge on any atom is -0.381 e. The number of amides is 1. The fourth-order valence-corrected chi connectivity index (χ4v) is 3.69. The topological polar surface area (TPSA) is 93.4 Å². The molecule has 0 aliphatic carbocycles. The van der Waals surface area contributed by atoms with Gasteiger partial charge < -0.3 is 20.7 Å². The van der Waals surface area contributed by atoms with E-state index in [1.807, 2.05) is 0 Å². The monoisotopic (exact) mass is 385 g/mol. The Bertz CT molecular complexity index is 864. The minimum absolute atomic E-state index is 0.0458. The molecule has 1 aromatic heterocycles. The van der Waals surface area contributed by atoms with Crippen LogP contribution < -0.4 is 16.0 Å². The molecule has 4 rings (SSSR count). The van der Waals surface area contributed by atoms with Crippen LogP contribution in [0.2, 0.25) is 0 Å². The van der Waals surface area contributed by atoms with Gasteiger partial charge in [-0.05, 0) is 43.9 Å². The molecule has 2 aliphatic rings. The Morgan fingerprint density at radius 3 is 2.64 bits per heavy atom. The third-order valence-electron chi connectivity index (χ3n) is 5.17. The number of halogens is 1. The van der Waals surface area contributed by atoms with E-state index in [0.29, 0.717) is 24.5 Å². The van der Waals surface area contributed by atoms with Crippen molar-refractivity contribution >= 4 is 17.7 Å². The van der Waals surface area contributed by atoms with E-state index in [4.69, 9.17) is 10.5 Å². The van der Waals surface area contributed by atoms with Gasteiger partial charge in [0.05, 0.1) is 5.69 Å². The van der Waals surface area contributed by atoms with E-state index in [2.05, 4.69) is 20.2 Å². The van der Waals surface area contributed by atoms with Crippen molar-refractivity contribution in [3.8, 4) is 11.3 Å². The molecule has 0 saturated carbocycles. The number of nitrogens with one attached hydrogen (secondary N) is 1. The average molecular weight is 385 g/mol. The fourth-order valence-electron chi connectivity index (χ4n) is 3.69. The van der Waals surface area contributed by atoms with Crippen LogP contribution >= 0.6 is 0 Å². The van der Waals surface area contributed by atoms with Crippen LogP contribution in [0.4, 0.5) is 16.2 Å². The Kier molecular flexibility index (Phi) is 5.38. The first-order valence-corrected chi connectivity index (χ1v) is 9.67. The molecule has 28 heavy (non-hydrogen) atoms. The molecular formula is C20H24FN5O2. The molecule has 2 fully saturated rings. The summed E-state index contributed by atoms with van der Waals surface area (Å²) >= 11 is 0. The SMILES string of the molecule is Nc1nc(-c2cc(F)cc(C(=O)NC3CCOCC3)c2)cc(N2CCCC2)n1. The fraction of sp³-hybridized carbons (Fsp3) is 0.450. The van der Waals surface area contributed by atoms with Gasteiger partial charge in [0.25, 0.3) is 5.91 Å². The van der Waals surface area contributed by atoms with Crippen LogP contribution in [0.5, 0.6) is 0 Å². The van der Waals surface area contributed by atoms with E-state index < -0.39 is 5.82 Å². The predicted octanol–water partition coefficient (Wildman–Crippen LogP) is 2.37. The zero-order valence-corrected chi connectivity index (χ0v) is 15.7. The van der Waals surface area contributed by atoms with Crippen molar-refractivity contribution in [2.45, 2.75) is 31.7 Å². The maximum atomic E-state index is 14.3. The van der Waals surface area contributed by atoms with Gasteiger partial charge in [0.2, 0.25) is 5.95 Å². The van der Waals surface area contributed by atoms with Gasteiger partial charge in [-0.3, -0.25) is 4.79 Å². The minimum atomic E-state index is -0.491. The van der Waals surface area contributed by atoms with Crippen molar-refractivity contribution < 1.29 is 13.9 Å². The number of anilines is 2. The Morgan fingerprint density at radius 1 is 1.14 bits per heavy atom. The van der Waals surface area contributed by atoms with Crippen LogP contribution in [-0.4, -0.2) is 48.2 Å². The number of hydrogen-bond donors (Lipinski definition) is 2. The number of nitrogen functional groups attached to an aromatic ring is 1. The highest BCUT2D eigenvalue weighted by atomic mass is 19.1. The maximum absolute atomic E-state index is 14.3. The summed E-state index contributed by atoms with van der Waals surface area (Å²) < 4.78 is 19.6. The largest absolute Gasteiger partial charge is 0.381 e. The van der Waals surface area contributed by atoms with E-state index in [9.17, 15) is 9.18 Å². The first-order valence-electron chi connectivity index (χ1n) is 9.67. The molecule has 1 amide bonds. The van der Waals surface area contributed by atoms with Crippen LogP contribution in [0.3, 0.4) is 0 Å². The molecule has 1 aromatic carbocycles. The quantitative estimate of drug-likeness (QED) is 0.839. The molecule has 0 spiro atoms. The lowest BCUT2D eigenvalue weighted by molar-refractivity contribution is 0.0696. The Morgan fingerprint density at radius 2 is 1.89 bits per heavy atom. The lowest BCUT2D eigenvalue weighted by Gasteiger charge is -2.23. The molecule has 0 atom stereocenters. The molecule has 0 bridgehead atoms. The summed E-state index contributed by atoms with van der Waals surface area (Å²) in [6.45, 7) is 3.08. The van der Waals surface area contributed by atoms with Gasteiger partial charge in [0, 0.05) is 49.5 Å². The number of aromatic nitrogens is 2. The number of carbonyl (C=O) groups excluding carboxylic acids is 1. The lowest BCUT2D eigenvalue weighted by Crippen LogP contribution is -2.38. The van der Waals surface area contributed by atoms with E-state index >= 15 is 0 Å².